The lowest BCUT2D eigenvalue weighted by atomic mass is 10.1. The van der Waals surface area contributed by atoms with E-state index in [4.69, 9.17) is 4.74 Å². The molecule has 0 saturated carbocycles. The van der Waals surface area contributed by atoms with E-state index in [2.05, 4.69) is 22.9 Å². The van der Waals surface area contributed by atoms with E-state index in [0.29, 0.717) is 12.5 Å². The number of anilines is 1. The van der Waals surface area contributed by atoms with Gasteiger partial charge in [-0.2, -0.15) is 0 Å². The quantitative estimate of drug-likeness (QED) is 0.785. The highest BCUT2D eigenvalue weighted by Gasteiger charge is 2.25. The lowest BCUT2D eigenvalue weighted by molar-refractivity contribution is 0.119. The van der Waals surface area contributed by atoms with Gasteiger partial charge in [-0.25, -0.2) is 4.79 Å². The summed E-state index contributed by atoms with van der Waals surface area (Å²) in [6.07, 6.45) is -0.254. The molecule has 0 spiro atoms. The van der Waals surface area contributed by atoms with Crippen LogP contribution in [-0.2, 0) is 4.74 Å². The first-order valence-electron chi connectivity index (χ1n) is 4.86. The second-order valence-corrected chi connectivity index (χ2v) is 4.68. The van der Waals surface area contributed by atoms with Crippen LogP contribution >= 0.6 is 15.9 Å². The summed E-state index contributed by atoms with van der Waals surface area (Å²) >= 11 is 3.36. The maximum Gasteiger partial charge on any atom is 0.414 e. The van der Waals surface area contributed by atoms with Gasteiger partial charge in [0.05, 0.1) is 6.61 Å². The number of benzene rings is 1. The molecule has 0 aliphatic carbocycles. The van der Waals surface area contributed by atoms with Crippen LogP contribution in [0.4, 0.5) is 10.5 Å². The Kier molecular flexibility index (Phi) is 2.95. The molecule has 0 bridgehead atoms. The molecular weight excluding hydrogens is 258 g/mol. The van der Waals surface area contributed by atoms with Crippen LogP contribution in [-0.4, -0.2) is 19.2 Å². The minimum Gasteiger partial charge on any atom is -0.449 e. The van der Waals surface area contributed by atoms with E-state index in [9.17, 15) is 4.79 Å². The number of cyclic esters (lactones) is 1. The van der Waals surface area contributed by atoms with Crippen LogP contribution in [0.15, 0.2) is 28.7 Å². The van der Waals surface area contributed by atoms with Crippen LogP contribution in [0, 0.1) is 5.92 Å². The fraction of sp³-hybridized carbons (Fsp3) is 0.364. The van der Waals surface area contributed by atoms with Gasteiger partial charge in [-0.15, -0.1) is 0 Å². The van der Waals surface area contributed by atoms with Gasteiger partial charge in [-0.1, -0.05) is 22.9 Å². The Bertz CT molecular complexity index is 363. The molecule has 4 heteroatoms. The number of halogens is 1. The van der Waals surface area contributed by atoms with Crippen molar-refractivity contribution in [2.45, 2.75) is 6.92 Å². The van der Waals surface area contributed by atoms with E-state index in [1.807, 2.05) is 24.3 Å². The highest BCUT2D eigenvalue weighted by molar-refractivity contribution is 9.10. The van der Waals surface area contributed by atoms with Crippen molar-refractivity contribution in [3.63, 3.8) is 0 Å². The number of amides is 1. The maximum atomic E-state index is 11.5. The molecule has 1 aliphatic heterocycles. The first-order chi connectivity index (χ1) is 7.16. The topological polar surface area (TPSA) is 29.5 Å². The molecule has 1 heterocycles. The molecular formula is C11H12BrNO2. The Labute approximate surface area is 97.2 Å². The zero-order chi connectivity index (χ0) is 10.8. The summed E-state index contributed by atoms with van der Waals surface area (Å²) in [6.45, 7) is 3.31. The summed E-state index contributed by atoms with van der Waals surface area (Å²) < 4.78 is 6.07. The number of hydrogen-bond acceptors (Lipinski definition) is 2. The van der Waals surface area contributed by atoms with Crippen molar-refractivity contribution in [2.75, 3.05) is 18.1 Å². The second kappa shape index (κ2) is 4.23. The van der Waals surface area contributed by atoms with Crippen LogP contribution in [0.2, 0.25) is 0 Å². The van der Waals surface area contributed by atoms with E-state index < -0.39 is 0 Å². The van der Waals surface area contributed by atoms with Gasteiger partial charge in [-0.3, -0.25) is 4.90 Å². The van der Waals surface area contributed by atoms with E-state index in [1.54, 1.807) is 4.90 Å². The third kappa shape index (κ3) is 2.31. The van der Waals surface area contributed by atoms with E-state index in [1.165, 1.54) is 0 Å². The minimum absolute atomic E-state index is 0.254. The molecule has 0 aromatic heterocycles. The number of ether oxygens (including phenoxy) is 1. The number of hydrogen-bond donors (Lipinski definition) is 0. The van der Waals surface area contributed by atoms with Gasteiger partial charge in [0.25, 0.3) is 0 Å². The number of nitrogens with zero attached hydrogens (tertiary/aromatic N) is 1. The summed E-state index contributed by atoms with van der Waals surface area (Å²) in [5, 5.41) is 0. The molecule has 3 nitrogen and oxygen atoms in total. The van der Waals surface area contributed by atoms with Gasteiger partial charge in [-0.05, 0) is 24.3 Å². The van der Waals surface area contributed by atoms with Gasteiger partial charge < -0.3 is 4.74 Å². The lowest BCUT2D eigenvalue weighted by Crippen LogP contribution is -2.42. The summed E-state index contributed by atoms with van der Waals surface area (Å²) in [4.78, 5) is 13.2. The van der Waals surface area contributed by atoms with Crippen molar-refractivity contribution in [3.05, 3.63) is 28.7 Å². The van der Waals surface area contributed by atoms with E-state index in [0.717, 1.165) is 16.7 Å². The summed E-state index contributed by atoms with van der Waals surface area (Å²) in [7, 11) is 0. The molecule has 1 amide bonds. The van der Waals surface area contributed by atoms with Crippen molar-refractivity contribution in [3.8, 4) is 0 Å². The summed E-state index contributed by atoms with van der Waals surface area (Å²) in [6, 6.07) is 7.65. The Morgan fingerprint density at radius 3 is 2.73 bits per heavy atom. The molecule has 2 rings (SSSR count). The molecule has 1 aromatic carbocycles. The normalized spacial score (nSPS) is 21.3. The minimum atomic E-state index is -0.254. The number of rotatable bonds is 1. The van der Waals surface area contributed by atoms with Crippen LogP contribution in [0.3, 0.4) is 0 Å². The highest BCUT2D eigenvalue weighted by Crippen LogP contribution is 2.22. The molecule has 1 fully saturated rings. The SMILES string of the molecule is CC1COC(=O)N(c2ccc(Br)cc2)C1. The molecule has 1 unspecified atom stereocenters. The zero-order valence-corrected chi connectivity index (χ0v) is 10.0. The maximum absolute atomic E-state index is 11.5. The molecule has 15 heavy (non-hydrogen) atoms. The zero-order valence-electron chi connectivity index (χ0n) is 8.44. The fourth-order valence-electron chi connectivity index (χ4n) is 1.56. The molecule has 1 saturated heterocycles. The van der Waals surface area contributed by atoms with Crippen LogP contribution in [0.5, 0.6) is 0 Å². The van der Waals surface area contributed by atoms with Gasteiger partial charge in [0.2, 0.25) is 0 Å². The second-order valence-electron chi connectivity index (χ2n) is 3.77. The predicted molar refractivity (Wildman–Crippen MR) is 62.0 cm³/mol. The van der Waals surface area contributed by atoms with Crippen molar-refractivity contribution in [1.29, 1.82) is 0 Å². The van der Waals surface area contributed by atoms with Gasteiger partial charge in [0.1, 0.15) is 0 Å². The predicted octanol–water partition coefficient (Wildman–Crippen LogP) is 3.04. The molecule has 80 valence electrons. The molecule has 1 aromatic rings. The third-order valence-electron chi connectivity index (χ3n) is 2.34. The Hall–Kier alpha value is -1.03. The lowest BCUT2D eigenvalue weighted by Gasteiger charge is -2.30. The number of carbonyl (C=O) groups is 1. The summed E-state index contributed by atoms with van der Waals surface area (Å²) in [5.41, 5.74) is 0.884. The Morgan fingerprint density at radius 1 is 1.40 bits per heavy atom. The molecule has 1 aliphatic rings. The average Bonchev–Trinajstić information content (AvgIpc) is 2.23. The largest absolute Gasteiger partial charge is 0.449 e. The van der Waals surface area contributed by atoms with Crippen molar-refractivity contribution in [1.82, 2.24) is 0 Å². The highest BCUT2D eigenvalue weighted by atomic mass is 79.9. The average molecular weight is 270 g/mol. The van der Waals surface area contributed by atoms with Crippen molar-refractivity contribution < 1.29 is 9.53 Å². The smallest absolute Gasteiger partial charge is 0.414 e. The van der Waals surface area contributed by atoms with E-state index >= 15 is 0 Å². The van der Waals surface area contributed by atoms with Crippen molar-refractivity contribution >= 4 is 27.7 Å². The standard InChI is InChI=1S/C11H12BrNO2/c1-8-6-13(11(14)15-7-8)10-4-2-9(12)3-5-10/h2-5,8H,6-7H2,1H3. The van der Waals surface area contributed by atoms with Gasteiger partial charge in [0.15, 0.2) is 0 Å². The first-order valence-corrected chi connectivity index (χ1v) is 5.66. The van der Waals surface area contributed by atoms with Crippen LogP contribution in [0.25, 0.3) is 0 Å². The Balaban J connectivity index is 2.21. The van der Waals surface area contributed by atoms with Crippen LogP contribution < -0.4 is 4.90 Å². The number of carbonyl (C=O) groups excluding carboxylic acids is 1. The van der Waals surface area contributed by atoms with Crippen LogP contribution in [0.1, 0.15) is 6.92 Å². The van der Waals surface area contributed by atoms with Gasteiger partial charge >= 0.3 is 6.09 Å². The summed E-state index contributed by atoms with van der Waals surface area (Å²) in [5.74, 6) is 0.381. The third-order valence-corrected chi connectivity index (χ3v) is 2.87. The monoisotopic (exact) mass is 269 g/mol. The molecule has 1 atom stereocenters. The molecule has 0 radical (unpaired) electrons. The Morgan fingerprint density at radius 2 is 2.07 bits per heavy atom. The van der Waals surface area contributed by atoms with Crippen molar-refractivity contribution in [2.24, 2.45) is 5.92 Å². The molecule has 0 N–H and O–H groups in total. The fourth-order valence-corrected chi connectivity index (χ4v) is 1.83. The first kappa shape index (κ1) is 10.5. The van der Waals surface area contributed by atoms with E-state index in [-0.39, 0.29) is 6.09 Å². The van der Waals surface area contributed by atoms with Gasteiger partial charge in [0, 0.05) is 22.6 Å².